The first-order valence-electron chi connectivity index (χ1n) is 9.76. The number of nitrogens with one attached hydrogen (secondary N) is 1. The predicted octanol–water partition coefficient (Wildman–Crippen LogP) is 2.31. The Balaban J connectivity index is 1.60. The van der Waals surface area contributed by atoms with Crippen molar-refractivity contribution < 1.29 is 17.9 Å². The third-order valence-electron chi connectivity index (χ3n) is 5.56. The fourth-order valence-corrected chi connectivity index (χ4v) is 6.11. The van der Waals surface area contributed by atoms with Gasteiger partial charge in [-0.2, -0.15) is 4.31 Å². The molecule has 1 N–H and O–H groups in total. The monoisotopic (exact) mass is 394 g/mol. The van der Waals surface area contributed by atoms with Crippen LogP contribution in [-0.4, -0.2) is 51.0 Å². The Morgan fingerprint density at radius 3 is 2.33 bits per heavy atom. The fourth-order valence-electron chi connectivity index (χ4n) is 4.23. The number of ether oxygens (including phenoxy) is 1. The van der Waals surface area contributed by atoms with Crippen molar-refractivity contribution >= 4 is 15.9 Å². The fraction of sp³-hybridized carbons (Fsp3) is 0.650. The van der Waals surface area contributed by atoms with Crippen molar-refractivity contribution in [3.8, 4) is 0 Å². The molecule has 3 rings (SSSR count). The van der Waals surface area contributed by atoms with Crippen LogP contribution in [0.3, 0.4) is 0 Å². The number of hydrogen-bond donors (Lipinski definition) is 1. The molecule has 0 aromatic heterocycles. The number of benzene rings is 1. The van der Waals surface area contributed by atoms with Crippen LogP contribution in [-0.2, 0) is 19.6 Å². The van der Waals surface area contributed by atoms with Crippen LogP contribution in [0.4, 0.5) is 0 Å². The number of piperidine rings is 1. The van der Waals surface area contributed by atoms with Crippen LogP contribution in [0, 0.1) is 26.7 Å². The number of carbonyl (C=O) groups excluding carboxylic acids is 1. The minimum atomic E-state index is -3.53. The summed E-state index contributed by atoms with van der Waals surface area (Å²) in [6.07, 6.45) is 3.28. The zero-order chi connectivity index (χ0) is 19.6. The predicted molar refractivity (Wildman–Crippen MR) is 104 cm³/mol. The summed E-state index contributed by atoms with van der Waals surface area (Å²) in [4.78, 5) is 12.8. The molecule has 0 saturated carbocycles. The number of rotatable bonds is 5. The summed E-state index contributed by atoms with van der Waals surface area (Å²) in [5.74, 6) is -0.108. The van der Waals surface area contributed by atoms with Gasteiger partial charge in [0.05, 0.1) is 11.0 Å². The molecular formula is C20H30N2O4S. The Labute approximate surface area is 162 Å². The molecule has 1 atom stereocenters. The quantitative estimate of drug-likeness (QED) is 0.832. The van der Waals surface area contributed by atoms with Crippen LogP contribution < -0.4 is 5.32 Å². The van der Waals surface area contributed by atoms with E-state index in [4.69, 9.17) is 4.74 Å². The van der Waals surface area contributed by atoms with Gasteiger partial charge in [0.15, 0.2) is 0 Å². The van der Waals surface area contributed by atoms with E-state index in [0.717, 1.165) is 36.1 Å². The van der Waals surface area contributed by atoms with Crippen molar-refractivity contribution in [1.29, 1.82) is 0 Å². The average molecular weight is 395 g/mol. The van der Waals surface area contributed by atoms with Crippen LogP contribution in [0.2, 0.25) is 0 Å². The number of nitrogens with zero attached hydrogens (tertiary/aromatic N) is 1. The molecule has 6 nitrogen and oxygen atoms in total. The summed E-state index contributed by atoms with van der Waals surface area (Å²) in [5.41, 5.74) is 2.62. The van der Waals surface area contributed by atoms with Gasteiger partial charge in [-0.25, -0.2) is 8.42 Å². The molecule has 0 bridgehead atoms. The Morgan fingerprint density at radius 1 is 1.15 bits per heavy atom. The second-order valence-corrected chi connectivity index (χ2v) is 9.66. The van der Waals surface area contributed by atoms with E-state index in [2.05, 4.69) is 5.32 Å². The minimum Gasteiger partial charge on any atom is -0.376 e. The standard InChI is InChI=1S/C20H30N2O4S/c1-14-11-15(2)19(16(3)12-14)27(24,25)22-8-6-17(7-9-22)20(23)21-13-18-5-4-10-26-18/h11-12,17-18H,4-10,13H2,1-3H3,(H,21,23)/t18-/m1/s1. The molecule has 0 radical (unpaired) electrons. The van der Waals surface area contributed by atoms with Gasteiger partial charge in [-0.3, -0.25) is 4.79 Å². The van der Waals surface area contributed by atoms with E-state index in [-0.39, 0.29) is 17.9 Å². The molecule has 2 heterocycles. The molecule has 1 aromatic carbocycles. The van der Waals surface area contributed by atoms with Gasteiger partial charge in [-0.15, -0.1) is 0 Å². The topological polar surface area (TPSA) is 75.7 Å². The van der Waals surface area contributed by atoms with Gasteiger partial charge in [-0.1, -0.05) is 17.7 Å². The molecule has 1 aromatic rings. The number of amides is 1. The highest BCUT2D eigenvalue weighted by Gasteiger charge is 2.33. The maximum absolute atomic E-state index is 13.1. The minimum absolute atomic E-state index is 0.0187. The first-order valence-corrected chi connectivity index (χ1v) is 11.2. The van der Waals surface area contributed by atoms with E-state index in [1.54, 1.807) is 0 Å². The van der Waals surface area contributed by atoms with Crippen molar-refractivity contribution in [2.24, 2.45) is 5.92 Å². The first kappa shape index (κ1) is 20.3. The lowest BCUT2D eigenvalue weighted by molar-refractivity contribution is -0.126. The van der Waals surface area contributed by atoms with E-state index in [9.17, 15) is 13.2 Å². The highest BCUT2D eigenvalue weighted by atomic mass is 32.2. The Hall–Kier alpha value is -1.44. The molecule has 2 fully saturated rings. The van der Waals surface area contributed by atoms with Gasteiger partial charge >= 0.3 is 0 Å². The number of sulfonamides is 1. The molecule has 150 valence electrons. The number of aryl methyl sites for hydroxylation is 3. The molecule has 0 unspecified atom stereocenters. The number of carbonyl (C=O) groups is 1. The van der Waals surface area contributed by atoms with E-state index < -0.39 is 10.0 Å². The largest absolute Gasteiger partial charge is 0.376 e. The van der Waals surface area contributed by atoms with E-state index >= 15 is 0 Å². The van der Waals surface area contributed by atoms with Crippen LogP contribution in [0.1, 0.15) is 42.4 Å². The molecule has 27 heavy (non-hydrogen) atoms. The summed E-state index contributed by atoms with van der Waals surface area (Å²) >= 11 is 0. The molecule has 2 saturated heterocycles. The Kier molecular flexibility index (Phi) is 6.23. The van der Waals surface area contributed by atoms with Gasteiger partial charge in [-0.05, 0) is 57.6 Å². The van der Waals surface area contributed by atoms with E-state index in [0.29, 0.717) is 37.4 Å². The smallest absolute Gasteiger partial charge is 0.243 e. The molecule has 2 aliphatic heterocycles. The molecule has 1 amide bonds. The van der Waals surface area contributed by atoms with E-state index in [1.165, 1.54) is 4.31 Å². The van der Waals surface area contributed by atoms with Crippen LogP contribution in [0.25, 0.3) is 0 Å². The van der Waals surface area contributed by atoms with Crippen molar-refractivity contribution in [2.75, 3.05) is 26.2 Å². The molecule has 0 aliphatic carbocycles. The molecule has 7 heteroatoms. The summed E-state index contributed by atoms with van der Waals surface area (Å²) in [6.45, 7) is 7.75. The van der Waals surface area contributed by atoms with Gasteiger partial charge < -0.3 is 10.1 Å². The lowest BCUT2D eigenvalue weighted by Crippen LogP contribution is -2.44. The Morgan fingerprint density at radius 2 is 1.78 bits per heavy atom. The van der Waals surface area contributed by atoms with Crippen molar-refractivity contribution in [2.45, 2.75) is 57.5 Å². The van der Waals surface area contributed by atoms with Crippen molar-refractivity contribution in [1.82, 2.24) is 9.62 Å². The first-order chi connectivity index (χ1) is 12.8. The van der Waals surface area contributed by atoms with Crippen LogP contribution in [0.5, 0.6) is 0 Å². The maximum Gasteiger partial charge on any atom is 0.243 e. The van der Waals surface area contributed by atoms with Gasteiger partial charge in [0, 0.05) is 32.2 Å². The second kappa shape index (κ2) is 8.29. The van der Waals surface area contributed by atoms with Gasteiger partial charge in [0.1, 0.15) is 0 Å². The molecular weight excluding hydrogens is 364 g/mol. The molecule has 2 aliphatic rings. The normalized spacial score (nSPS) is 22.1. The average Bonchev–Trinajstić information content (AvgIpc) is 3.12. The summed E-state index contributed by atoms with van der Waals surface area (Å²) in [6, 6.07) is 3.82. The zero-order valence-corrected chi connectivity index (χ0v) is 17.3. The maximum atomic E-state index is 13.1. The second-order valence-electron chi connectivity index (χ2n) is 7.79. The lowest BCUT2D eigenvalue weighted by atomic mass is 9.97. The third kappa shape index (κ3) is 4.52. The third-order valence-corrected chi connectivity index (χ3v) is 7.76. The van der Waals surface area contributed by atoms with Crippen LogP contribution >= 0.6 is 0 Å². The van der Waals surface area contributed by atoms with Gasteiger partial charge in [0.2, 0.25) is 15.9 Å². The van der Waals surface area contributed by atoms with Crippen LogP contribution in [0.15, 0.2) is 17.0 Å². The number of hydrogen-bond acceptors (Lipinski definition) is 4. The Bertz CT molecular complexity index is 769. The van der Waals surface area contributed by atoms with Gasteiger partial charge in [0.25, 0.3) is 0 Å². The van der Waals surface area contributed by atoms with Crippen molar-refractivity contribution in [3.63, 3.8) is 0 Å². The summed E-state index contributed by atoms with van der Waals surface area (Å²) in [5, 5.41) is 2.97. The summed E-state index contributed by atoms with van der Waals surface area (Å²) < 4.78 is 33.3. The lowest BCUT2D eigenvalue weighted by Gasteiger charge is -2.31. The highest BCUT2D eigenvalue weighted by molar-refractivity contribution is 7.89. The van der Waals surface area contributed by atoms with Crippen molar-refractivity contribution in [3.05, 3.63) is 28.8 Å². The SMILES string of the molecule is Cc1cc(C)c(S(=O)(=O)N2CCC(C(=O)NC[C@H]3CCCO3)CC2)c(C)c1. The van der Waals surface area contributed by atoms with E-state index in [1.807, 2.05) is 32.9 Å². The zero-order valence-electron chi connectivity index (χ0n) is 16.5. The molecule has 0 spiro atoms. The summed E-state index contributed by atoms with van der Waals surface area (Å²) in [7, 11) is -3.53. The highest BCUT2D eigenvalue weighted by Crippen LogP contribution is 2.28.